The smallest absolute Gasteiger partial charge is 0.326 e. The fraction of sp³-hybridized carbons (Fsp3) is 0.462. The molecule has 1 atom stereocenters. The van der Waals surface area contributed by atoms with E-state index in [-0.39, 0.29) is 29.8 Å². The molecule has 0 spiro atoms. The number of nitrogens with zero attached hydrogens (tertiary/aromatic N) is 2. The van der Waals surface area contributed by atoms with Crippen LogP contribution in [0, 0.1) is 19.3 Å². The summed E-state index contributed by atoms with van der Waals surface area (Å²) in [5.74, 6) is -2.89. The number of hydrogen-bond acceptors (Lipinski definition) is 4. The standard InChI is InChI=1S/C26H30FN3O4/c1-17-15-20(28-2)16-21(27)24(17)25(31)30-23(26(32)33)12-14-34-13-6-5-8-19-11-10-18-7-3-4-9-22(18)29-19/h10-11,15-16,23H,3-9,12-14H2,1H3,(H,30,31)(H,32,33)/t23-/m0/s1. The summed E-state index contributed by atoms with van der Waals surface area (Å²) in [7, 11) is 0. The molecular formula is C26H30FN3O4. The SMILES string of the molecule is [C-]#[N+]c1cc(C)c(C(=O)N[C@@H](CCOCCCCc2ccc3c(n2)CCCC3)C(=O)O)c(F)c1. The van der Waals surface area contributed by atoms with Crippen LogP contribution in [0.2, 0.25) is 0 Å². The van der Waals surface area contributed by atoms with Gasteiger partial charge in [0.25, 0.3) is 5.91 Å². The van der Waals surface area contributed by atoms with E-state index < -0.39 is 23.7 Å². The molecule has 2 aromatic rings. The second kappa shape index (κ2) is 12.2. The molecule has 0 unspecified atom stereocenters. The van der Waals surface area contributed by atoms with Gasteiger partial charge in [-0.1, -0.05) is 12.1 Å². The summed E-state index contributed by atoms with van der Waals surface area (Å²) in [5.41, 5.74) is 3.81. The van der Waals surface area contributed by atoms with Crippen molar-refractivity contribution in [2.45, 2.75) is 64.3 Å². The lowest BCUT2D eigenvalue weighted by Gasteiger charge is -2.16. The molecule has 0 fully saturated rings. The Labute approximate surface area is 199 Å². The van der Waals surface area contributed by atoms with Crippen molar-refractivity contribution in [2.75, 3.05) is 13.2 Å². The highest BCUT2D eigenvalue weighted by atomic mass is 19.1. The van der Waals surface area contributed by atoms with Crippen molar-refractivity contribution < 1.29 is 23.8 Å². The Morgan fingerprint density at radius 3 is 2.76 bits per heavy atom. The summed E-state index contributed by atoms with van der Waals surface area (Å²) in [6.07, 6.45) is 7.31. The average Bonchev–Trinajstić information content (AvgIpc) is 2.81. The quantitative estimate of drug-likeness (QED) is 0.373. The predicted octanol–water partition coefficient (Wildman–Crippen LogP) is 4.57. The molecule has 1 heterocycles. The van der Waals surface area contributed by atoms with Crippen molar-refractivity contribution in [1.29, 1.82) is 0 Å². The molecule has 1 aliphatic carbocycles. The van der Waals surface area contributed by atoms with E-state index in [9.17, 15) is 19.1 Å². The molecular weight excluding hydrogens is 437 g/mol. The first-order valence-corrected chi connectivity index (χ1v) is 11.7. The first-order chi connectivity index (χ1) is 16.4. The number of aliphatic carboxylic acids is 1. The molecule has 0 saturated heterocycles. The van der Waals surface area contributed by atoms with Crippen molar-refractivity contribution in [3.05, 3.63) is 69.6 Å². The van der Waals surface area contributed by atoms with Crippen molar-refractivity contribution in [2.24, 2.45) is 0 Å². The third-order valence-corrected chi connectivity index (χ3v) is 5.99. The van der Waals surface area contributed by atoms with Crippen molar-refractivity contribution in [3.8, 4) is 0 Å². The molecule has 0 saturated carbocycles. The third kappa shape index (κ3) is 6.84. The summed E-state index contributed by atoms with van der Waals surface area (Å²) >= 11 is 0. The Bertz CT molecular complexity index is 1060. The minimum atomic E-state index is -1.22. The van der Waals surface area contributed by atoms with Gasteiger partial charge in [-0.3, -0.25) is 9.78 Å². The van der Waals surface area contributed by atoms with Gasteiger partial charge in [-0.05, 0) is 75.1 Å². The maximum atomic E-state index is 14.2. The molecule has 0 aliphatic heterocycles. The van der Waals surface area contributed by atoms with Crippen LogP contribution in [-0.2, 0) is 28.8 Å². The summed E-state index contributed by atoms with van der Waals surface area (Å²) < 4.78 is 19.8. The van der Waals surface area contributed by atoms with E-state index >= 15 is 0 Å². The zero-order chi connectivity index (χ0) is 24.5. The van der Waals surface area contributed by atoms with Gasteiger partial charge in [-0.2, -0.15) is 0 Å². The van der Waals surface area contributed by atoms with Crippen LogP contribution >= 0.6 is 0 Å². The number of carboxylic acid groups (broad SMARTS) is 1. The Morgan fingerprint density at radius 1 is 1.24 bits per heavy atom. The summed E-state index contributed by atoms with van der Waals surface area (Å²) in [6, 6.07) is 5.45. The van der Waals surface area contributed by atoms with Crippen LogP contribution in [0.4, 0.5) is 10.1 Å². The third-order valence-electron chi connectivity index (χ3n) is 5.99. The first kappa shape index (κ1) is 25.3. The highest BCUT2D eigenvalue weighted by Crippen LogP contribution is 2.22. The predicted molar refractivity (Wildman–Crippen MR) is 126 cm³/mol. The number of benzene rings is 1. The van der Waals surface area contributed by atoms with Crippen LogP contribution in [0.25, 0.3) is 4.85 Å². The van der Waals surface area contributed by atoms with Crippen LogP contribution in [0.5, 0.6) is 0 Å². The Kier molecular flexibility index (Phi) is 9.11. The van der Waals surface area contributed by atoms with Gasteiger partial charge in [-0.25, -0.2) is 14.0 Å². The van der Waals surface area contributed by atoms with Crippen molar-refractivity contribution in [1.82, 2.24) is 10.3 Å². The number of ether oxygens (including phenoxy) is 1. The minimum Gasteiger partial charge on any atom is -0.480 e. The van der Waals surface area contributed by atoms with Crippen LogP contribution in [0.1, 0.15) is 65.0 Å². The number of nitrogens with one attached hydrogen (secondary N) is 1. The second-order valence-electron chi connectivity index (χ2n) is 8.57. The Balaban J connectivity index is 1.39. The number of aryl methyl sites for hydroxylation is 4. The number of hydrogen-bond donors (Lipinski definition) is 2. The van der Waals surface area contributed by atoms with E-state index in [0.29, 0.717) is 6.61 Å². The number of aromatic nitrogens is 1. The largest absolute Gasteiger partial charge is 0.480 e. The molecule has 1 aromatic heterocycles. The molecule has 1 aliphatic rings. The lowest BCUT2D eigenvalue weighted by molar-refractivity contribution is -0.139. The number of carbonyl (C=O) groups excluding carboxylic acids is 1. The first-order valence-electron chi connectivity index (χ1n) is 11.7. The van der Waals surface area contributed by atoms with Gasteiger partial charge < -0.3 is 15.2 Å². The van der Waals surface area contributed by atoms with Gasteiger partial charge in [0.1, 0.15) is 11.9 Å². The van der Waals surface area contributed by atoms with E-state index in [1.54, 1.807) is 0 Å². The molecule has 8 heteroatoms. The van der Waals surface area contributed by atoms with Gasteiger partial charge >= 0.3 is 5.97 Å². The van der Waals surface area contributed by atoms with Crippen LogP contribution in [0.3, 0.4) is 0 Å². The number of unbranched alkanes of at least 4 members (excludes halogenated alkanes) is 1. The lowest BCUT2D eigenvalue weighted by Crippen LogP contribution is -2.42. The van der Waals surface area contributed by atoms with Crippen LogP contribution in [-0.4, -0.2) is 41.2 Å². The molecule has 180 valence electrons. The normalized spacial score (nSPS) is 13.6. The van der Waals surface area contributed by atoms with E-state index in [2.05, 4.69) is 22.3 Å². The maximum Gasteiger partial charge on any atom is 0.326 e. The van der Waals surface area contributed by atoms with Crippen molar-refractivity contribution in [3.63, 3.8) is 0 Å². The molecule has 0 radical (unpaired) electrons. The van der Waals surface area contributed by atoms with Gasteiger partial charge in [0.05, 0.1) is 12.1 Å². The highest BCUT2D eigenvalue weighted by Gasteiger charge is 2.23. The van der Waals surface area contributed by atoms with E-state index in [4.69, 9.17) is 16.3 Å². The zero-order valence-corrected chi connectivity index (χ0v) is 19.4. The van der Waals surface area contributed by atoms with E-state index in [1.807, 2.05) is 0 Å². The highest BCUT2D eigenvalue weighted by molar-refractivity contribution is 5.98. The molecule has 1 amide bonds. The van der Waals surface area contributed by atoms with Gasteiger partial charge in [0.15, 0.2) is 5.69 Å². The zero-order valence-electron chi connectivity index (χ0n) is 19.4. The summed E-state index contributed by atoms with van der Waals surface area (Å²) in [5, 5.41) is 11.8. The molecule has 34 heavy (non-hydrogen) atoms. The fourth-order valence-electron chi connectivity index (χ4n) is 4.15. The Morgan fingerprint density at radius 2 is 2.03 bits per heavy atom. The molecule has 3 rings (SSSR count). The van der Waals surface area contributed by atoms with Gasteiger partial charge in [0, 0.05) is 31.0 Å². The molecule has 2 N–H and O–H groups in total. The number of amides is 1. The van der Waals surface area contributed by atoms with Gasteiger partial charge in [0.2, 0.25) is 0 Å². The van der Waals surface area contributed by atoms with E-state index in [0.717, 1.165) is 43.9 Å². The lowest BCUT2D eigenvalue weighted by atomic mass is 9.95. The molecule has 0 bridgehead atoms. The number of carbonyl (C=O) groups is 2. The molecule has 7 nitrogen and oxygen atoms in total. The number of pyridine rings is 1. The summed E-state index contributed by atoms with van der Waals surface area (Å²) in [6.45, 7) is 9.11. The van der Waals surface area contributed by atoms with Crippen LogP contribution in [0.15, 0.2) is 24.3 Å². The fourth-order valence-corrected chi connectivity index (χ4v) is 4.15. The monoisotopic (exact) mass is 467 g/mol. The number of fused-ring (bicyclic) bond motifs is 1. The van der Waals surface area contributed by atoms with Crippen LogP contribution < -0.4 is 5.32 Å². The number of carboxylic acids is 1. The topological polar surface area (TPSA) is 92.9 Å². The summed E-state index contributed by atoms with van der Waals surface area (Å²) in [4.78, 5) is 31.9. The van der Waals surface area contributed by atoms with E-state index in [1.165, 1.54) is 37.1 Å². The minimum absolute atomic E-state index is 0.0637. The van der Waals surface area contributed by atoms with Gasteiger partial charge in [-0.15, -0.1) is 0 Å². The number of halogens is 1. The second-order valence-corrected chi connectivity index (χ2v) is 8.57. The average molecular weight is 468 g/mol. The number of rotatable bonds is 11. The van der Waals surface area contributed by atoms with Crippen molar-refractivity contribution >= 4 is 17.6 Å². The Hall–Kier alpha value is -3.31. The maximum absolute atomic E-state index is 14.2. The molecule has 1 aromatic carbocycles.